The Morgan fingerprint density at radius 2 is 1.34 bits per heavy atom. The van der Waals surface area contributed by atoms with Crippen molar-refractivity contribution in [3.05, 3.63) is 79.9 Å². The molecule has 5 rings (SSSR count). The van der Waals surface area contributed by atoms with Gasteiger partial charge in [-0.2, -0.15) is 12.6 Å². The Bertz CT molecular complexity index is 1520. The molecule has 4 amide bonds. The van der Waals surface area contributed by atoms with Crippen molar-refractivity contribution in [3.8, 4) is 0 Å². The lowest BCUT2D eigenvalue weighted by atomic mass is 10.1. The Morgan fingerprint density at radius 3 is 1.89 bits per heavy atom. The maximum absolute atomic E-state index is 13.5. The Kier molecular flexibility index (Phi) is 10.4. The maximum atomic E-state index is 13.5. The first-order valence-electron chi connectivity index (χ1n) is 15.1. The molecule has 3 saturated heterocycles. The van der Waals surface area contributed by atoms with E-state index in [9.17, 15) is 39.4 Å². The van der Waals surface area contributed by atoms with Gasteiger partial charge in [-0.1, -0.05) is 0 Å². The minimum Gasteiger partial charge on any atom is -0.445 e. The molecule has 0 saturated carbocycles. The number of rotatable bonds is 9. The minimum atomic E-state index is -0.785. The number of non-ortho nitro benzene ring substituents is 2. The van der Waals surface area contributed by atoms with Gasteiger partial charge in [0, 0.05) is 61.7 Å². The standard InChI is InChI=1S/C30H34N6O10S/c37-27(25-2-1-12-33(25)29(39)45-17-19-3-7-22(8-4-19)35(41)42)31-21-11-13-32(15-21)28(38)26-14-24(47)16-34(26)30(40)46-18-20-5-9-23(10-6-20)36(43)44/h3-10,21,24-26,47H,1-2,11-18H2,(H,31,37)/t21-,24?,25-,26-/m0/s1. The molecule has 4 atom stereocenters. The Labute approximate surface area is 274 Å². The molecule has 2 aromatic rings. The highest BCUT2D eigenvalue weighted by molar-refractivity contribution is 7.81. The van der Waals surface area contributed by atoms with Crippen molar-refractivity contribution in [2.24, 2.45) is 0 Å². The van der Waals surface area contributed by atoms with Gasteiger partial charge in [0.2, 0.25) is 11.8 Å². The van der Waals surface area contributed by atoms with Gasteiger partial charge < -0.3 is 19.7 Å². The van der Waals surface area contributed by atoms with Gasteiger partial charge in [0.15, 0.2) is 0 Å². The number of nitrogens with one attached hydrogen (secondary N) is 1. The van der Waals surface area contributed by atoms with Crippen LogP contribution < -0.4 is 5.32 Å². The third kappa shape index (κ3) is 8.08. The zero-order valence-corrected chi connectivity index (χ0v) is 26.2. The number of amides is 4. The highest BCUT2D eigenvalue weighted by atomic mass is 32.1. The summed E-state index contributed by atoms with van der Waals surface area (Å²) in [5, 5.41) is 24.4. The lowest BCUT2D eigenvalue weighted by Crippen LogP contribution is -2.51. The first kappa shape index (κ1) is 33.4. The molecule has 47 heavy (non-hydrogen) atoms. The molecule has 0 bridgehead atoms. The maximum Gasteiger partial charge on any atom is 0.410 e. The number of ether oxygens (including phenoxy) is 2. The summed E-state index contributed by atoms with van der Waals surface area (Å²) in [4.78, 5) is 77.4. The fourth-order valence-corrected chi connectivity index (χ4v) is 6.35. The van der Waals surface area contributed by atoms with E-state index in [1.165, 1.54) is 58.3 Å². The predicted octanol–water partition coefficient (Wildman–Crippen LogP) is 3.03. The van der Waals surface area contributed by atoms with Gasteiger partial charge in [0.1, 0.15) is 25.3 Å². The van der Waals surface area contributed by atoms with Crippen molar-refractivity contribution >= 4 is 48.0 Å². The normalized spacial score (nSPS) is 22.2. The van der Waals surface area contributed by atoms with Crippen molar-refractivity contribution in [1.82, 2.24) is 20.0 Å². The topological polar surface area (TPSA) is 195 Å². The van der Waals surface area contributed by atoms with E-state index in [2.05, 4.69) is 17.9 Å². The monoisotopic (exact) mass is 670 g/mol. The van der Waals surface area contributed by atoms with Gasteiger partial charge >= 0.3 is 12.2 Å². The molecule has 3 fully saturated rings. The molecule has 1 unspecified atom stereocenters. The lowest BCUT2D eigenvalue weighted by molar-refractivity contribution is -0.385. The predicted molar refractivity (Wildman–Crippen MR) is 167 cm³/mol. The summed E-state index contributed by atoms with van der Waals surface area (Å²) >= 11 is 4.49. The fourth-order valence-electron chi connectivity index (χ4n) is 5.98. The summed E-state index contributed by atoms with van der Waals surface area (Å²) in [6, 6.07) is 9.40. The van der Waals surface area contributed by atoms with Crippen LogP contribution in [0.1, 0.15) is 36.8 Å². The lowest BCUT2D eigenvalue weighted by Gasteiger charge is -2.28. The van der Waals surface area contributed by atoms with Crippen molar-refractivity contribution in [2.45, 2.75) is 62.3 Å². The van der Waals surface area contributed by atoms with E-state index in [0.717, 1.165) is 0 Å². The number of hydrogen-bond acceptors (Lipinski definition) is 11. The second-order valence-electron chi connectivity index (χ2n) is 11.6. The third-order valence-electron chi connectivity index (χ3n) is 8.45. The van der Waals surface area contributed by atoms with Crippen LogP contribution in [0.5, 0.6) is 0 Å². The summed E-state index contributed by atoms with van der Waals surface area (Å²) in [6.45, 7) is 0.944. The number of nitrogens with zero attached hydrogens (tertiary/aromatic N) is 5. The zero-order chi connectivity index (χ0) is 33.7. The minimum absolute atomic E-state index is 0.0747. The largest absolute Gasteiger partial charge is 0.445 e. The summed E-state index contributed by atoms with van der Waals surface area (Å²) in [5.74, 6) is -0.621. The average Bonchev–Trinajstić information content (AvgIpc) is 3.83. The van der Waals surface area contributed by atoms with Crippen LogP contribution in [0.3, 0.4) is 0 Å². The summed E-state index contributed by atoms with van der Waals surface area (Å²) in [7, 11) is 0. The van der Waals surface area contributed by atoms with Crippen molar-refractivity contribution in [2.75, 3.05) is 26.2 Å². The molecule has 1 N–H and O–H groups in total. The number of carbonyl (C=O) groups excluding carboxylic acids is 4. The average molecular weight is 671 g/mol. The molecule has 0 aromatic heterocycles. The number of likely N-dealkylation sites (tertiary alicyclic amines) is 3. The summed E-state index contributed by atoms with van der Waals surface area (Å²) in [6.07, 6.45) is 0.549. The third-order valence-corrected chi connectivity index (χ3v) is 8.83. The van der Waals surface area contributed by atoms with E-state index in [1.807, 2.05) is 0 Å². The van der Waals surface area contributed by atoms with Crippen LogP contribution in [0, 0.1) is 20.2 Å². The van der Waals surface area contributed by atoms with Crippen LogP contribution >= 0.6 is 12.6 Å². The van der Waals surface area contributed by atoms with Gasteiger partial charge in [-0.05, 0) is 61.1 Å². The van der Waals surface area contributed by atoms with E-state index >= 15 is 0 Å². The number of benzene rings is 2. The SMILES string of the molecule is O=C(N[C@H]1CCN(C(=O)[C@@H]2CC(S)CN2C(=O)OCc2ccc([N+](=O)[O-])cc2)C1)[C@@H]1CCCN1C(=O)OCc1ccc([N+](=O)[O-])cc1. The van der Waals surface area contributed by atoms with Crippen LogP contribution in [0.4, 0.5) is 21.0 Å². The molecular formula is C30H34N6O10S. The Balaban J connectivity index is 1.10. The number of nitro benzene ring substituents is 2. The molecule has 3 aliphatic heterocycles. The van der Waals surface area contributed by atoms with Crippen molar-refractivity contribution in [1.29, 1.82) is 0 Å². The molecule has 0 aliphatic carbocycles. The van der Waals surface area contributed by atoms with Crippen molar-refractivity contribution in [3.63, 3.8) is 0 Å². The summed E-state index contributed by atoms with van der Waals surface area (Å²) in [5.41, 5.74) is 0.977. The molecule has 17 heteroatoms. The number of nitro groups is 2. The highest BCUT2D eigenvalue weighted by Crippen LogP contribution is 2.27. The molecule has 16 nitrogen and oxygen atoms in total. The summed E-state index contributed by atoms with van der Waals surface area (Å²) < 4.78 is 10.8. The second-order valence-corrected chi connectivity index (χ2v) is 12.4. The van der Waals surface area contributed by atoms with Gasteiger partial charge in [-0.25, -0.2) is 9.59 Å². The molecule has 250 valence electrons. The number of thiol groups is 1. The zero-order valence-electron chi connectivity index (χ0n) is 25.3. The molecular weight excluding hydrogens is 636 g/mol. The molecule has 3 aliphatic rings. The quantitative estimate of drug-likeness (QED) is 0.227. The van der Waals surface area contributed by atoms with E-state index in [4.69, 9.17) is 9.47 Å². The Hall–Kier alpha value is -4.93. The van der Waals surface area contributed by atoms with E-state index < -0.39 is 34.1 Å². The number of hydrogen-bond donors (Lipinski definition) is 2. The first-order valence-corrected chi connectivity index (χ1v) is 15.6. The van der Waals surface area contributed by atoms with Crippen LogP contribution in [-0.4, -0.2) is 98.1 Å². The highest BCUT2D eigenvalue weighted by Gasteiger charge is 2.43. The van der Waals surface area contributed by atoms with E-state index in [-0.39, 0.29) is 60.8 Å². The molecule has 0 spiro atoms. The van der Waals surface area contributed by atoms with Gasteiger partial charge in [0.05, 0.1) is 9.85 Å². The van der Waals surface area contributed by atoms with E-state index in [1.54, 1.807) is 4.90 Å². The first-order chi connectivity index (χ1) is 22.5. The molecule has 2 aromatic carbocycles. The van der Waals surface area contributed by atoms with Crippen LogP contribution in [-0.2, 0) is 32.3 Å². The fraction of sp³-hybridized carbons (Fsp3) is 0.467. The van der Waals surface area contributed by atoms with Crippen LogP contribution in [0.25, 0.3) is 0 Å². The van der Waals surface area contributed by atoms with Gasteiger partial charge in [-0.3, -0.25) is 39.6 Å². The van der Waals surface area contributed by atoms with Crippen LogP contribution in [0.2, 0.25) is 0 Å². The number of carbonyl (C=O) groups is 4. The Morgan fingerprint density at radius 1 is 0.787 bits per heavy atom. The van der Waals surface area contributed by atoms with Crippen molar-refractivity contribution < 1.29 is 38.5 Å². The molecule has 3 heterocycles. The van der Waals surface area contributed by atoms with Gasteiger partial charge in [0.25, 0.3) is 11.4 Å². The van der Waals surface area contributed by atoms with E-state index in [0.29, 0.717) is 49.9 Å². The molecule has 0 radical (unpaired) electrons. The van der Waals surface area contributed by atoms with Crippen LogP contribution in [0.15, 0.2) is 48.5 Å². The smallest absolute Gasteiger partial charge is 0.410 e. The second kappa shape index (κ2) is 14.7. The van der Waals surface area contributed by atoms with Gasteiger partial charge in [-0.15, -0.1) is 0 Å².